The van der Waals surface area contributed by atoms with E-state index in [0.717, 1.165) is 0 Å². The van der Waals surface area contributed by atoms with Crippen LogP contribution in [0.15, 0.2) is 67.0 Å². The number of amides is 2. The molecule has 0 spiro atoms. The van der Waals surface area contributed by atoms with Crippen molar-refractivity contribution < 1.29 is 14.5 Å². The molecule has 0 aliphatic carbocycles. The summed E-state index contributed by atoms with van der Waals surface area (Å²) < 4.78 is 0. The van der Waals surface area contributed by atoms with E-state index in [-0.39, 0.29) is 17.2 Å². The van der Waals surface area contributed by atoms with Crippen LogP contribution in [0.1, 0.15) is 20.7 Å². The number of hydrogen-bond donors (Lipinski definition) is 3. The number of nitro benzene ring substituents is 1. The molecule has 29 heavy (non-hydrogen) atoms. The zero-order valence-corrected chi connectivity index (χ0v) is 15.4. The molecule has 0 aliphatic heterocycles. The van der Waals surface area contributed by atoms with Crippen LogP contribution in [-0.4, -0.2) is 28.8 Å². The predicted molar refractivity (Wildman–Crippen MR) is 109 cm³/mol. The third-order valence-electron chi connectivity index (χ3n) is 4.05. The highest BCUT2D eigenvalue weighted by atomic mass is 16.6. The molecule has 1 aromatic heterocycles. The van der Waals surface area contributed by atoms with E-state index < -0.39 is 10.8 Å². The van der Waals surface area contributed by atoms with Gasteiger partial charge in [0.2, 0.25) is 0 Å². The first-order chi connectivity index (χ1) is 14.0. The van der Waals surface area contributed by atoms with Gasteiger partial charge >= 0.3 is 0 Å². The van der Waals surface area contributed by atoms with Gasteiger partial charge in [0.1, 0.15) is 0 Å². The molecule has 0 radical (unpaired) electrons. The Balaban J connectivity index is 1.78. The van der Waals surface area contributed by atoms with E-state index >= 15 is 0 Å². The van der Waals surface area contributed by atoms with Crippen LogP contribution in [0.2, 0.25) is 0 Å². The number of non-ortho nitro benzene ring substituents is 1. The van der Waals surface area contributed by atoms with Crippen molar-refractivity contribution in [2.24, 2.45) is 0 Å². The maximum Gasteiger partial charge on any atom is 0.270 e. The third kappa shape index (κ3) is 4.72. The smallest absolute Gasteiger partial charge is 0.270 e. The van der Waals surface area contributed by atoms with E-state index in [2.05, 4.69) is 20.9 Å². The van der Waals surface area contributed by atoms with Gasteiger partial charge < -0.3 is 16.0 Å². The first-order valence-corrected chi connectivity index (χ1v) is 8.57. The molecule has 3 N–H and O–H groups in total. The summed E-state index contributed by atoms with van der Waals surface area (Å²) in [7, 11) is 1.62. The Hall–Kier alpha value is -4.27. The maximum atomic E-state index is 12.7. The lowest BCUT2D eigenvalue weighted by atomic mass is 10.1. The van der Waals surface area contributed by atoms with Gasteiger partial charge in [0, 0.05) is 54.2 Å². The van der Waals surface area contributed by atoms with Gasteiger partial charge in [-0.25, -0.2) is 0 Å². The van der Waals surface area contributed by atoms with E-state index in [0.29, 0.717) is 22.6 Å². The number of aromatic nitrogens is 1. The number of anilines is 3. The third-order valence-corrected chi connectivity index (χ3v) is 4.05. The van der Waals surface area contributed by atoms with Crippen LogP contribution in [0.4, 0.5) is 22.7 Å². The molecular weight excluding hydrogens is 374 g/mol. The molecule has 0 bridgehead atoms. The minimum Gasteiger partial charge on any atom is -0.387 e. The fourth-order valence-electron chi connectivity index (χ4n) is 2.63. The number of benzene rings is 2. The molecule has 0 saturated heterocycles. The van der Waals surface area contributed by atoms with E-state index in [1.54, 1.807) is 43.4 Å². The van der Waals surface area contributed by atoms with Gasteiger partial charge in [-0.2, -0.15) is 0 Å². The number of nitrogens with zero attached hydrogens (tertiary/aromatic N) is 2. The highest BCUT2D eigenvalue weighted by Crippen LogP contribution is 2.24. The summed E-state index contributed by atoms with van der Waals surface area (Å²) in [5.41, 5.74) is 1.76. The molecule has 9 heteroatoms. The summed E-state index contributed by atoms with van der Waals surface area (Å²) in [4.78, 5) is 39.2. The monoisotopic (exact) mass is 391 g/mol. The second-order valence-electron chi connectivity index (χ2n) is 5.96. The lowest BCUT2D eigenvalue weighted by Crippen LogP contribution is -2.15. The Kier molecular flexibility index (Phi) is 5.79. The molecule has 0 saturated carbocycles. The van der Waals surface area contributed by atoms with Gasteiger partial charge in [0.05, 0.1) is 10.5 Å². The molecule has 0 fully saturated rings. The molecule has 2 amide bonds. The minimum atomic E-state index is -0.564. The molecule has 3 aromatic rings. The molecule has 0 unspecified atom stereocenters. The Bertz CT molecular complexity index is 1070. The highest BCUT2D eigenvalue weighted by Gasteiger charge is 2.16. The van der Waals surface area contributed by atoms with Crippen molar-refractivity contribution in [3.8, 4) is 0 Å². The summed E-state index contributed by atoms with van der Waals surface area (Å²) in [6.45, 7) is 0. The van der Waals surface area contributed by atoms with Crippen LogP contribution in [0.3, 0.4) is 0 Å². The van der Waals surface area contributed by atoms with Crippen molar-refractivity contribution in [1.82, 2.24) is 4.98 Å². The minimum absolute atomic E-state index is 0.132. The number of hydrogen-bond acceptors (Lipinski definition) is 6. The van der Waals surface area contributed by atoms with Crippen molar-refractivity contribution in [3.05, 3.63) is 88.2 Å². The molecule has 0 aliphatic rings. The van der Waals surface area contributed by atoms with Crippen LogP contribution >= 0.6 is 0 Å². The second-order valence-corrected chi connectivity index (χ2v) is 5.96. The summed E-state index contributed by atoms with van der Waals surface area (Å²) in [6.07, 6.45) is 3.04. The second kappa shape index (κ2) is 8.61. The average molecular weight is 391 g/mol. The van der Waals surface area contributed by atoms with E-state index in [4.69, 9.17) is 0 Å². The van der Waals surface area contributed by atoms with Crippen LogP contribution < -0.4 is 16.0 Å². The van der Waals surface area contributed by atoms with Crippen LogP contribution in [0.25, 0.3) is 0 Å². The van der Waals surface area contributed by atoms with Gasteiger partial charge in [-0.15, -0.1) is 0 Å². The normalized spacial score (nSPS) is 10.1. The first-order valence-electron chi connectivity index (χ1n) is 8.57. The Morgan fingerprint density at radius 3 is 2.21 bits per heavy atom. The van der Waals surface area contributed by atoms with Crippen molar-refractivity contribution >= 4 is 34.6 Å². The number of carbonyl (C=O) groups excluding carboxylic acids is 2. The van der Waals surface area contributed by atoms with E-state index in [9.17, 15) is 19.7 Å². The molecule has 2 aromatic carbocycles. The van der Waals surface area contributed by atoms with E-state index in [1.807, 2.05) is 0 Å². The fourth-order valence-corrected chi connectivity index (χ4v) is 2.63. The number of nitrogens with one attached hydrogen (secondary N) is 3. The summed E-state index contributed by atoms with van der Waals surface area (Å²) in [5, 5.41) is 19.3. The van der Waals surface area contributed by atoms with Gasteiger partial charge in [-0.1, -0.05) is 6.07 Å². The lowest BCUT2D eigenvalue weighted by molar-refractivity contribution is -0.384. The number of pyridine rings is 1. The van der Waals surface area contributed by atoms with Crippen LogP contribution in [0, 0.1) is 10.1 Å². The zero-order valence-electron chi connectivity index (χ0n) is 15.4. The zero-order chi connectivity index (χ0) is 20.8. The summed E-state index contributed by atoms with van der Waals surface area (Å²) in [6, 6.07) is 13.8. The Labute approximate surface area is 165 Å². The maximum absolute atomic E-state index is 12.7. The number of rotatable bonds is 6. The molecule has 146 valence electrons. The molecular formula is C20H17N5O4. The van der Waals surface area contributed by atoms with E-state index in [1.165, 1.54) is 30.6 Å². The SMILES string of the molecule is CNc1ccc([N+](=O)[O-])cc1C(=O)Nc1cccc(NC(=O)c2ccncc2)c1. The van der Waals surface area contributed by atoms with Gasteiger partial charge in [0.25, 0.3) is 17.5 Å². The highest BCUT2D eigenvalue weighted by molar-refractivity contribution is 6.09. The Morgan fingerprint density at radius 2 is 1.59 bits per heavy atom. The Morgan fingerprint density at radius 1 is 0.931 bits per heavy atom. The van der Waals surface area contributed by atoms with Crippen molar-refractivity contribution in [3.63, 3.8) is 0 Å². The molecule has 3 rings (SSSR count). The average Bonchev–Trinajstić information content (AvgIpc) is 2.74. The topological polar surface area (TPSA) is 126 Å². The fraction of sp³-hybridized carbons (Fsp3) is 0.0500. The molecule has 1 heterocycles. The van der Waals surface area contributed by atoms with Crippen molar-refractivity contribution in [2.75, 3.05) is 23.0 Å². The molecule has 9 nitrogen and oxygen atoms in total. The van der Waals surface area contributed by atoms with Crippen molar-refractivity contribution in [1.29, 1.82) is 0 Å². The first kappa shape index (κ1) is 19.5. The quantitative estimate of drug-likeness (QED) is 0.436. The van der Waals surface area contributed by atoms with Crippen LogP contribution in [-0.2, 0) is 0 Å². The van der Waals surface area contributed by atoms with Gasteiger partial charge in [-0.3, -0.25) is 24.7 Å². The number of nitro groups is 1. The summed E-state index contributed by atoms with van der Waals surface area (Å²) in [5.74, 6) is -0.831. The molecule has 0 atom stereocenters. The largest absolute Gasteiger partial charge is 0.387 e. The van der Waals surface area contributed by atoms with Gasteiger partial charge in [0.15, 0.2) is 0 Å². The number of carbonyl (C=O) groups is 2. The van der Waals surface area contributed by atoms with Crippen LogP contribution in [0.5, 0.6) is 0 Å². The predicted octanol–water partition coefficient (Wildman–Crippen LogP) is 3.54. The van der Waals surface area contributed by atoms with Gasteiger partial charge in [-0.05, 0) is 36.4 Å². The standard InChI is InChI=1S/C20H17N5O4/c1-21-18-6-5-16(25(28)29)12-17(18)20(27)24-15-4-2-3-14(11-15)23-19(26)13-7-9-22-10-8-13/h2-12,21H,1H3,(H,23,26)(H,24,27). The summed E-state index contributed by atoms with van der Waals surface area (Å²) >= 11 is 0. The van der Waals surface area contributed by atoms with Crippen molar-refractivity contribution in [2.45, 2.75) is 0 Å². The lowest BCUT2D eigenvalue weighted by Gasteiger charge is -2.11.